The van der Waals surface area contributed by atoms with Crippen LogP contribution in [0.3, 0.4) is 0 Å². The molecule has 0 heterocycles. The standard InChI is InChI=1S/C14H21ClN2O2S/c1-17(2)20(18,19)7-6-16-14-9-12(10-14)11-4-3-5-13(15)8-11/h3-5,8,12,14,16H,6-7,9-10H2,1-2H3. The fourth-order valence-corrected chi connectivity index (χ4v) is 3.33. The third kappa shape index (κ3) is 3.95. The van der Waals surface area contributed by atoms with Crippen LogP contribution in [0.5, 0.6) is 0 Å². The molecule has 1 N–H and O–H groups in total. The Bertz CT molecular complexity index is 554. The van der Waals surface area contributed by atoms with Crippen molar-refractivity contribution in [3.8, 4) is 0 Å². The summed E-state index contributed by atoms with van der Waals surface area (Å²) in [6.45, 7) is 0.507. The van der Waals surface area contributed by atoms with Crippen LogP contribution in [0, 0.1) is 0 Å². The minimum atomic E-state index is -3.10. The molecular formula is C14H21ClN2O2S. The SMILES string of the molecule is CN(C)S(=O)(=O)CCNC1CC(c2cccc(Cl)c2)C1. The van der Waals surface area contributed by atoms with Crippen LogP contribution in [0.2, 0.25) is 5.02 Å². The molecule has 0 aromatic heterocycles. The van der Waals surface area contributed by atoms with Crippen molar-refractivity contribution >= 4 is 21.6 Å². The largest absolute Gasteiger partial charge is 0.313 e. The molecule has 0 spiro atoms. The first kappa shape index (κ1) is 15.8. The average molecular weight is 317 g/mol. The van der Waals surface area contributed by atoms with Crippen molar-refractivity contribution in [2.24, 2.45) is 0 Å². The molecule has 1 aromatic rings. The molecule has 112 valence electrons. The Labute approximate surface area is 126 Å². The number of hydrogen-bond acceptors (Lipinski definition) is 3. The molecule has 0 bridgehead atoms. The minimum absolute atomic E-state index is 0.151. The van der Waals surface area contributed by atoms with Gasteiger partial charge in [0, 0.05) is 31.7 Å². The normalized spacial score (nSPS) is 22.8. The van der Waals surface area contributed by atoms with Crippen LogP contribution in [-0.2, 0) is 10.0 Å². The molecule has 0 saturated heterocycles. The Kier molecular flexibility index (Phi) is 5.07. The lowest BCUT2D eigenvalue weighted by molar-refractivity contribution is 0.296. The molecule has 0 atom stereocenters. The molecule has 1 aliphatic rings. The number of sulfonamides is 1. The topological polar surface area (TPSA) is 49.4 Å². The molecule has 1 saturated carbocycles. The van der Waals surface area contributed by atoms with Gasteiger partial charge in [0.15, 0.2) is 0 Å². The van der Waals surface area contributed by atoms with Gasteiger partial charge in [0.25, 0.3) is 0 Å². The number of nitrogens with zero attached hydrogens (tertiary/aromatic N) is 1. The molecule has 0 unspecified atom stereocenters. The Morgan fingerprint density at radius 3 is 2.65 bits per heavy atom. The van der Waals surface area contributed by atoms with Gasteiger partial charge in [0.2, 0.25) is 10.0 Å². The second-order valence-electron chi connectivity index (χ2n) is 5.47. The fraction of sp³-hybridized carbons (Fsp3) is 0.571. The Morgan fingerprint density at radius 2 is 2.05 bits per heavy atom. The summed E-state index contributed by atoms with van der Waals surface area (Å²) in [6, 6.07) is 8.38. The summed E-state index contributed by atoms with van der Waals surface area (Å²) in [5.74, 6) is 0.690. The van der Waals surface area contributed by atoms with E-state index in [0.29, 0.717) is 18.5 Å². The number of hydrogen-bond donors (Lipinski definition) is 1. The second kappa shape index (κ2) is 6.43. The Morgan fingerprint density at radius 1 is 1.35 bits per heavy atom. The summed E-state index contributed by atoms with van der Waals surface area (Å²) < 4.78 is 24.5. The number of benzene rings is 1. The first-order valence-electron chi connectivity index (χ1n) is 6.77. The van der Waals surface area contributed by atoms with Crippen molar-refractivity contribution in [3.05, 3.63) is 34.9 Å². The predicted molar refractivity (Wildman–Crippen MR) is 82.7 cm³/mol. The molecular weight excluding hydrogens is 296 g/mol. The van der Waals surface area contributed by atoms with Gasteiger partial charge in [-0.15, -0.1) is 0 Å². The van der Waals surface area contributed by atoms with E-state index >= 15 is 0 Å². The molecule has 20 heavy (non-hydrogen) atoms. The molecule has 0 aliphatic heterocycles. The Hall–Kier alpha value is -0.620. The Balaban J connectivity index is 1.73. The van der Waals surface area contributed by atoms with Gasteiger partial charge in [-0.1, -0.05) is 23.7 Å². The third-order valence-electron chi connectivity index (χ3n) is 3.81. The maximum absolute atomic E-state index is 11.6. The lowest BCUT2D eigenvalue weighted by atomic mass is 9.76. The summed E-state index contributed by atoms with van der Waals surface area (Å²) in [5.41, 5.74) is 1.27. The minimum Gasteiger partial charge on any atom is -0.313 e. The van der Waals surface area contributed by atoms with E-state index in [9.17, 15) is 8.42 Å². The fourth-order valence-electron chi connectivity index (χ4n) is 2.39. The molecule has 4 nitrogen and oxygen atoms in total. The molecule has 6 heteroatoms. The van der Waals surface area contributed by atoms with Gasteiger partial charge in [-0.3, -0.25) is 0 Å². The number of rotatable bonds is 6. The van der Waals surface area contributed by atoms with E-state index in [1.165, 1.54) is 9.87 Å². The second-order valence-corrected chi connectivity index (χ2v) is 8.21. The van der Waals surface area contributed by atoms with Crippen molar-refractivity contribution in [3.63, 3.8) is 0 Å². The van der Waals surface area contributed by atoms with Crippen molar-refractivity contribution < 1.29 is 8.42 Å². The highest BCUT2D eigenvalue weighted by Gasteiger charge is 2.30. The van der Waals surface area contributed by atoms with E-state index in [-0.39, 0.29) is 5.75 Å². The molecule has 1 aliphatic carbocycles. The van der Waals surface area contributed by atoms with Crippen LogP contribution in [0.15, 0.2) is 24.3 Å². The first-order chi connectivity index (χ1) is 9.38. The van der Waals surface area contributed by atoms with E-state index in [0.717, 1.165) is 17.9 Å². The monoisotopic (exact) mass is 316 g/mol. The molecule has 0 amide bonds. The molecule has 1 aromatic carbocycles. The highest BCUT2D eigenvalue weighted by molar-refractivity contribution is 7.89. The molecule has 1 fully saturated rings. The summed E-state index contributed by atoms with van der Waals surface area (Å²) in [7, 11) is 0.0308. The lowest BCUT2D eigenvalue weighted by Crippen LogP contribution is -2.43. The summed E-state index contributed by atoms with van der Waals surface area (Å²) in [5, 5.41) is 4.08. The van der Waals surface area contributed by atoms with Gasteiger partial charge in [-0.25, -0.2) is 12.7 Å². The van der Waals surface area contributed by atoms with E-state index < -0.39 is 10.0 Å². The average Bonchev–Trinajstić information content (AvgIpc) is 2.31. The highest BCUT2D eigenvalue weighted by Crippen LogP contribution is 2.37. The van der Waals surface area contributed by atoms with Crippen LogP contribution >= 0.6 is 11.6 Å². The van der Waals surface area contributed by atoms with Crippen molar-refractivity contribution in [2.45, 2.75) is 24.8 Å². The summed E-state index contributed by atoms with van der Waals surface area (Å²) >= 11 is 5.98. The zero-order valence-electron chi connectivity index (χ0n) is 11.8. The lowest BCUT2D eigenvalue weighted by Gasteiger charge is -2.36. The predicted octanol–water partition coefficient (Wildman–Crippen LogP) is 2.07. The van der Waals surface area contributed by atoms with Crippen molar-refractivity contribution in [2.75, 3.05) is 26.4 Å². The van der Waals surface area contributed by atoms with E-state index in [1.807, 2.05) is 18.2 Å². The van der Waals surface area contributed by atoms with Gasteiger partial charge >= 0.3 is 0 Å². The molecule has 2 rings (SSSR count). The number of halogens is 1. The van der Waals surface area contributed by atoms with Crippen LogP contribution in [0.4, 0.5) is 0 Å². The zero-order valence-corrected chi connectivity index (χ0v) is 13.4. The maximum atomic E-state index is 11.6. The first-order valence-corrected chi connectivity index (χ1v) is 8.76. The van der Waals surface area contributed by atoms with Crippen molar-refractivity contribution in [1.29, 1.82) is 0 Å². The smallest absolute Gasteiger partial charge is 0.214 e. The third-order valence-corrected chi connectivity index (χ3v) is 5.88. The van der Waals surface area contributed by atoms with Gasteiger partial charge < -0.3 is 5.32 Å². The van der Waals surface area contributed by atoms with E-state index in [4.69, 9.17) is 11.6 Å². The van der Waals surface area contributed by atoms with Crippen LogP contribution in [0.1, 0.15) is 24.3 Å². The van der Waals surface area contributed by atoms with Crippen LogP contribution in [0.25, 0.3) is 0 Å². The van der Waals surface area contributed by atoms with Gasteiger partial charge in [0.05, 0.1) is 5.75 Å². The summed E-state index contributed by atoms with van der Waals surface area (Å²) in [4.78, 5) is 0. The maximum Gasteiger partial charge on any atom is 0.214 e. The van der Waals surface area contributed by atoms with E-state index in [1.54, 1.807) is 14.1 Å². The van der Waals surface area contributed by atoms with Crippen molar-refractivity contribution in [1.82, 2.24) is 9.62 Å². The highest BCUT2D eigenvalue weighted by atomic mass is 35.5. The van der Waals surface area contributed by atoms with Crippen LogP contribution < -0.4 is 5.32 Å². The zero-order chi connectivity index (χ0) is 14.8. The van der Waals surface area contributed by atoms with E-state index in [2.05, 4.69) is 11.4 Å². The number of nitrogens with one attached hydrogen (secondary N) is 1. The quantitative estimate of drug-likeness (QED) is 0.874. The van der Waals surface area contributed by atoms with Gasteiger partial charge in [0.1, 0.15) is 0 Å². The molecule has 0 radical (unpaired) electrons. The van der Waals surface area contributed by atoms with Gasteiger partial charge in [-0.05, 0) is 36.5 Å². The van der Waals surface area contributed by atoms with Crippen LogP contribution in [-0.4, -0.2) is 45.2 Å². The van der Waals surface area contributed by atoms with Gasteiger partial charge in [-0.2, -0.15) is 0 Å². The summed E-state index contributed by atoms with van der Waals surface area (Å²) in [6.07, 6.45) is 2.09.